The Bertz CT molecular complexity index is 244. The lowest BCUT2D eigenvalue weighted by atomic mass is 9.95. The van der Waals surface area contributed by atoms with Crippen LogP contribution in [0.5, 0.6) is 0 Å². The second-order valence-electron chi connectivity index (χ2n) is 3.34. The zero-order chi connectivity index (χ0) is 9.10. The Kier molecular flexibility index (Phi) is 3.01. The molecule has 0 aromatic carbocycles. The summed E-state index contributed by atoms with van der Waals surface area (Å²) >= 11 is 7.56. The summed E-state index contributed by atoms with van der Waals surface area (Å²) in [5.74, 6) is 0. The molecule has 0 saturated heterocycles. The van der Waals surface area contributed by atoms with Gasteiger partial charge in [-0.15, -0.1) is 21.8 Å². The van der Waals surface area contributed by atoms with Crippen LogP contribution in [0.1, 0.15) is 25.7 Å². The molecule has 0 aliphatic heterocycles. The van der Waals surface area contributed by atoms with Crippen molar-refractivity contribution in [3.05, 3.63) is 5.51 Å². The minimum Gasteiger partial charge on any atom is -0.357 e. The molecule has 1 N–H and O–H groups in total. The van der Waals surface area contributed by atoms with Crippen molar-refractivity contribution in [3.8, 4) is 0 Å². The molecular weight excluding hydrogens is 206 g/mol. The van der Waals surface area contributed by atoms with E-state index < -0.39 is 0 Å². The Morgan fingerprint density at radius 3 is 2.77 bits per heavy atom. The number of hydrogen-bond acceptors (Lipinski definition) is 4. The second-order valence-corrected chi connectivity index (χ2v) is 4.79. The first-order chi connectivity index (χ1) is 6.34. The summed E-state index contributed by atoms with van der Waals surface area (Å²) < 4.78 is 0. The van der Waals surface area contributed by atoms with Gasteiger partial charge in [0.1, 0.15) is 5.51 Å². The second kappa shape index (κ2) is 4.24. The minimum absolute atomic E-state index is 0.382. The summed E-state index contributed by atoms with van der Waals surface area (Å²) in [5, 5.41) is 12.4. The smallest absolute Gasteiger partial charge is 0.205 e. The highest BCUT2D eigenvalue weighted by atomic mass is 35.5. The van der Waals surface area contributed by atoms with Gasteiger partial charge in [0.25, 0.3) is 0 Å². The van der Waals surface area contributed by atoms with E-state index in [-0.39, 0.29) is 0 Å². The van der Waals surface area contributed by atoms with Crippen molar-refractivity contribution in [2.24, 2.45) is 0 Å². The van der Waals surface area contributed by atoms with Crippen LogP contribution in [0.15, 0.2) is 5.51 Å². The molecule has 1 aromatic heterocycles. The highest BCUT2D eigenvalue weighted by Gasteiger charge is 2.19. The van der Waals surface area contributed by atoms with Crippen molar-refractivity contribution >= 4 is 28.1 Å². The lowest BCUT2D eigenvalue weighted by Gasteiger charge is -2.25. The molecule has 0 amide bonds. The Morgan fingerprint density at radius 2 is 2.15 bits per heavy atom. The van der Waals surface area contributed by atoms with Gasteiger partial charge in [-0.1, -0.05) is 11.3 Å². The van der Waals surface area contributed by atoms with E-state index in [1.54, 1.807) is 16.8 Å². The van der Waals surface area contributed by atoms with Crippen LogP contribution in [0.25, 0.3) is 0 Å². The average Bonchev–Trinajstić information content (AvgIpc) is 2.62. The molecule has 0 unspecified atom stereocenters. The molecule has 0 spiro atoms. The molecule has 1 heterocycles. The van der Waals surface area contributed by atoms with Gasteiger partial charge >= 0.3 is 0 Å². The van der Waals surface area contributed by atoms with E-state index >= 15 is 0 Å². The third kappa shape index (κ3) is 2.54. The summed E-state index contributed by atoms with van der Waals surface area (Å²) in [6, 6.07) is 0.544. The molecule has 1 aliphatic carbocycles. The predicted molar refractivity (Wildman–Crippen MR) is 55.4 cm³/mol. The van der Waals surface area contributed by atoms with Crippen molar-refractivity contribution in [2.45, 2.75) is 37.1 Å². The first-order valence-electron chi connectivity index (χ1n) is 4.51. The fraction of sp³-hybridized carbons (Fsp3) is 0.750. The Balaban J connectivity index is 1.83. The van der Waals surface area contributed by atoms with Crippen LogP contribution in [0.4, 0.5) is 5.13 Å². The van der Waals surface area contributed by atoms with E-state index in [1.807, 2.05) is 0 Å². The lowest BCUT2D eigenvalue weighted by molar-refractivity contribution is 0.468. The van der Waals surface area contributed by atoms with Crippen molar-refractivity contribution in [2.75, 3.05) is 5.32 Å². The number of rotatable bonds is 2. The Morgan fingerprint density at radius 1 is 1.38 bits per heavy atom. The van der Waals surface area contributed by atoms with E-state index in [2.05, 4.69) is 15.5 Å². The molecule has 0 atom stereocenters. The molecule has 2 rings (SSSR count). The van der Waals surface area contributed by atoms with Crippen LogP contribution in [0.2, 0.25) is 0 Å². The molecule has 1 aromatic rings. The molecule has 3 nitrogen and oxygen atoms in total. The van der Waals surface area contributed by atoms with Gasteiger partial charge in [-0.05, 0) is 25.7 Å². The van der Waals surface area contributed by atoms with Crippen molar-refractivity contribution in [3.63, 3.8) is 0 Å². The van der Waals surface area contributed by atoms with E-state index in [9.17, 15) is 0 Å². The van der Waals surface area contributed by atoms with Crippen LogP contribution < -0.4 is 5.32 Å². The van der Waals surface area contributed by atoms with Gasteiger partial charge in [0.2, 0.25) is 5.13 Å². The fourth-order valence-corrected chi connectivity index (χ4v) is 2.38. The molecule has 13 heavy (non-hydrogen) atoms. The maximum atomic E-state index is 6.01. The van der Waals surface area contributed by atoms with Gasteiger partial charge in [0, 0.05) is 11.4 Å². The Hall–Kier alpha value is -0.350. The minimum atomic E-state index is 0.382. The van der Waals surface area contributed by atoms with E-state index in [1.165, 1.54) is 0 Å². The number of hydrogen-bond donors (Lipinski definition) is 1. The van der Waals surface area contributed by atoms with Gasteiger partial charge in [-0.2, -0.15) is 0 Å². The Labute approximate surface area is 86.5 Å². The molecule has 0 bridgehead atoms. The highest BCUT2D eigenvalue weighted by Crippen LogP contribution is 2.25. The maximum Gasteiger partial charge on any atom is 0.205 e. The number of nitrogens with zero attached hydrogens (tertiary/aromatic N) is 2. The normalized spacial score (nSPS) is 28.7. The molecule has 1 aliphatic rings. The standard InChI is InChI=1S/C8H12ClN3S/c9-6-1-3-7(4-2-6)11-8-12-10-5-13-8/h5-7H,1-4H2,(H,11,12). The summed E-state index contributed by atoms with van der Waals surface area (Å²) in [5.41, 5.74) is 1.75. The first kappa shape index (κ1) is 9.21. The zero-order valence-electron chi connectivity index (χ0n) is 7.24. The van der Waals surface area contributed by atoms with Gasteiger partial charge in [0.05, 0.1) is 0 Å². The monoisotopic (exact) mass is 217 g/mol. The summed E-state index contributed by atoms with van der Waals surface area (Å²) in [4.78, 5) is 0. The molecule has 1 saturated carbocycles. The molecular formula is C8H12ClN3S. The first-order valence-corrected chi connectivity index (χ1v) is 5.83. The quantitative estimate of drug-likeness (QED) is 0.774. The van der Waals surface area contributed by atoms with Crippen LogP contribution in [0, 0.1) is 0 Å². The molecule has 1 fully saturated rings. The summed E-state index contributed by atoms with van der Waals surface area (Å²) in [7, 11) is 0. The molecule has 72 valence electrons. The highest BCUT2D eigenvalue weighted by molar-refractivity contribution is 7.13. The van der Waals surface area contributed by atoms with E-state index in [4.69, 9.17) is 11.6 Å². The number of aromatic nitrogens is 2. The van der Waals surface area contributed by atoms with Gasteiger partial charge in [-0.25, -0.2) is 0 Å². The average molecular weight is 218 g/mol. The summed E-state index contributed by atoms with van der Waals surface area (Å²) in [6.07, 6.45) is 4.51. The number of alkyl halides is 1. The SMILES string of the molecule is ClC1CCC(Nc2nncs2)CC1. The van der Waals surface area contributed by atoms with Gasteiger partial charge in [0.15, 0.2) is 0 Å². The summed E-state index contributed by atoms with van der Waals surface area (Å²) in [6.45, 7) is 0. The number of anilines is 1. The van der Waals surface area contributed by atoms with Crippen molar-refractivity contribution < 1.29 is 0 Å². The van der Waals surface area contributed by atoms with Crippen LogP contribution in [0.3, 0.4) is 0 Å². The van der Waals surface area contributed by atoms with Crippen LogP contribution in [-0.2, 0) is 0 Å². The number of nitrogens with one attached hydrogen (secondary N) is 1. The van der Waals surface area contributed by atoms with Crippen LogP contribution >= 0.6 is 22.9 Å². The largest absolute Gasteiger partial charge is 0.357 e. The molecule has 5 heteroatoms. The fourth-order valence-electron chi connectivity index (χ4n) is 1.61. The van der Waals surface area contributed by atoms with Crippen molar-refractivity contribution in [1.82, 2.24) is 10.2 Å². The van der Waals surface area contributed by atoms with Crippen LogP contribution in [-0.4, -0.2) is 21.6 Å². The molecule has 0 radical (unpaired) electrons. The van der Waals surface area contributed by atoms with Gasteiger partial charge < -0.3 is 5.32 Å². The zero-order valence-corrected chi connectivity index (χ0v) is 8.81. The predicted octanol–water partition coefficient (Wildman–Crippen LogP) is 2.50. The lowest BCUT2D eigenvalue weighted by Crippen LogP contribution is -2.26. The van der Waals surface area contributed by atoms with E-state index in [0.717, 1.165) is 30.8 Å². The topological polar surface area (TPSA) is 37.8 Å². The van der Waals surface area contributed by atoms with E-state index in [0.29, 0.717) is 11.4 Å². The number of halogens is 1. The maximum absolute atomic E-state index is 6.01. The third-order valence-electron chi connectivity index (χ3n) is 2.34. The third-order valence-corrected chi connectivity index (χ3v) is 3.40. The van der Waals surface area contributed by atoms with Gasteiger partial charge in [-0.3, -0.25) is 0 Å². The van der Waals surface area contributed by atoms with Crippen molar-refractivity contribution in [1.29, 1.82) is 0 Å².